The highest BCUT2D eigenvalue weighted by Crippen LogP contribution is 2.16. The van der Waals surface area contributed by atoms with Crippen LogP contribution in [0.1, 0.15) is 11.8 Å². The van der Waals surface area contributed by atoms with Crippen LogP contribution in [0.5, 0.6) is 0 Å². The molecule has 0 fully saturated rings. The number of thioether (sulfide) groups is 1. The Kier molecular flexibility index (Phi) is 3.15. The standard InChI is InChI=1S/C8H10N4S2/c1-2-13-8-9-10-11-12(8)6-7-4-3-5-14-7/h3-5H,2,6H2,1H3. The summed E-state index contributed by atoms with van der Waals surface area (Å²) < 4.78 is 1.83. The number of tetrazole rings is 1. The van der Waals surface area contributed by atoms with Gasteiger partial charge >= 0.3 is 0 Å². The molecule has 0 unspecified atom stereocenters. The van der Waals surface area contributed by atoms with Gasteiger partial charge in [0.05, 0.1) is 6.54 Å². The summed E-state index contributed by atoms with van der Waals surface area (Å²) in [4.78, 5) is 1.27. The predicted molar refractivity (Wildman–Crippen MR) is 57.6 cm³/mol. The summed E-state index contributed by atoms with van der Waals surface area (Å²) in [5.74, 6) is 0.991. The zero-order valence-corrected chi connectivity index (χ0v) is 9.38. The van der Waals surface area contributed by atoms with E-state index in [1.54, 1.807) is 23.1 Å². The second kappa shape index (κ2) is 4.56. The van der Waals surface area contributed by atoms with E-state index >= 15 is 0 Å². The summed E-state index contributed by atoms with van der Waals surface area (Å²) in [5.41, 5.74) is 0. The van der Waals surface area contributed by atoms with Crippen molar-refractivity contribution in [2.45, 2.75) is 18.6 Å². The van der Waals surface area contributed by atoms with E-state index in [-0.39, 0.29) is 0 Å². The van der Waals surface area contributed by atoms with Crippen molar-refractivity contribution in [3.8, 4) is 0 Å². The van der Waals surface area contributed by atoms with E-state index in [4.69, 9.17) is 0 Å². The van der Waals surface area contributed by atoms with Crippen LogP contribution in [0.4, 0.5) is 0 Å². The minimum absolute atomic E-state index is 0.771. The van der Waals surface area contributed by atoms with Crippen LogP contribution in [0.2, 0.25) is 0 Å². The minimum atomic E-state index is 0.771. The lowest BCUT2D eigenvalue weighted by Gasteiger charge is -1.99. The van der Waals surface area contributed by atoms with E-state index in [9.17, 15) is 0 Å². The van der Waals surface area contributed by atoms with E-state index in [1.165, 1.54) is 4.88 Å². The SMILES string of the molecule is CCSc1nnnn1Cc1cccs1. The molecule has 14 heavy (non-hydrogen) atoms. The van der Waals surface area contributed by atoms with Crippen LogP contribution < -0.4 is 0 Å². The largest absolute Gasteiger partial charge is 0.215 e. The third-order valence-electron chi connectivity index (χ3n) is 1.66. The van der Waals surface area contributed by atoms with E-state index in [0.29, 0.717) is 0 Å². The maximum Gasteiger partial charge on any atom is 0.209 e. The molecule has 4 nitrogen and oxygen atoms in total. The first-order valence-electron chi connectivity index (χ1n) is 4.31. The summed E-state index contributed by atoms with van der Waals surface area (Å²) in [6.07, 6.45) is 0. The summed E-state index contributed by atoms with van der Waals surface area (Å²) in [6.45, 7) is 2.86. The highest BCUT2D eigenvalue weighted by atomic mass is 32.2. The molecule has 0 aliphatic rings. The normalized spacial score (nSPS) is 10.6. The topological polar surface area (TPSA) is 43.6 Å². The second-order valence-electron chi connectivity index (χ2n) is 2.63. The summed E-state index contributed by atoms with van der Waals surface area (Å²) in [6, 6.07) is 4.13. The highest BCUT2D eigenvalue weighted by Gasteiger charge is 2.06. The fourth-order valence-corrected chi connectivity index (χ4v) is 2.37. The quantitative estimate of drug-likeness (QED) is 0.747. The average Bonchev–Trinajstić information content (AvgIpc) is 2.80. The zero-order valence-electron chi connectivity index (χ0n) is 7.75. The molecule has 0 amide bonds. The third-order valence-corrected chi connectivity index (χ3v) is 3.36. The van der Waals surface area contributed by atoms with Crippen molar-refractivity contribution in [1.29, 1.82) is 0 Å². The first-order chi connectivity index (χ1) is 6.90. The molecule has 0 saturated carbocycles. The molecule has 0 aliphatic carbocycles. The molecule has 0 radical (unpaired) electrons. The Morgan fingerprint density at radius 3 is 3.21 bits per heavy atom. The number of hydrogen-bond donors (Lipinski definition) is 0. The number of thiophene rings is 1. The van der Waals surface area contributed by atoms with Crippen molar-refractivity contribution in [1.82, 2.24) is 20.2 Å². The second-order valence-corrected chi connectivity index (χ2v) is 4.89. The average molecular weight is 226 g/mol. The van der Waals surface area contributed by atoms with Gasteiger partial charge in [-0.15, -0.1) is 16.4 Å². The van der Waals surface area contributed by atoms with Gasteiger partial charge in [0.25, 0.3) is 0 Å². The number of rotatable bonds is 4. The van der Waals surface area contributed by atoms with Crippen molar-refractivity contribution >= 4 is 23.1 Å². The van der Waals surface area contributed by atoms with Crippen molar-refractivity contribution in [3.05, 3.63) is 22.4 Å². The van der Waals surface area contributed by atoms with Gasteiger partial charge in [0.1, 0.15) is 0 Å². The van der Waals surface area contributed by atoms with Crippen molar-refractivity contribution in [3.63, 3.8) is 0 Å². The van der Waals surface area contributed by atoms with Crippen LogP contribution in [0, 0.1) is 0 Å². The number of hydrogen-bond acceptors (Lipinski definition) is 5. The Morgan fingerprint density at radius 1 is 1.57 bits per heavy atom. The zero-order chi connectivity index (χ0) is 9.80. The Labute approximate surface area is 90.3 Å². The number of aromatic nitrogens is 4. The first-order valence-corrected chi connectivity index (χ1v) is 6.18. The lowest BCUT2D eigenvalue weighted by molar-refractivity contribution is 0.608. The van der Waals surface area contributed by atoms with Crippen LogP contribution >= 0.6 is 23.1 Å². The van der Waals surface area contributed by atoms with Gasteiger partial charge in [0, 0.05) is 4.88 Å². The van der Waals surface area contributed by atoms with Gasteiger partial charge in [-0.2, -0.15) is 0 Å². The first kappa shape index (κ1) is 9.67. The Balaban J connectivity index is 2.12. The van der Waals surface area contributed by atoms with E-state index in [0.717, 1.165) is 17.5 Å². The Hall–Kier alpha value is -0.880. The molecule has 0 bridgehead atoms. The fourth-order valence-electron chi connectivity index (χ4n) is 1.08. The number of nitrogens with zero attached hydrogens (tertiary/aromatic N) is 4. The van der Waals surface area contributed by atoms with Gasteiger partial charge in [0.2, 0.25) is 5.16 Å². The summed E-state index contributed by atoms with van der Waals surface area (Å²) in [5, 5.41) is 14.5. The fraction of sp³-hybridized carbons (Fsp3) is 0.375. The van der Waals surface area contributed by atoms with Crippen LogP contribution in [0.25, 0.3) is 0 Å². The lowest BCUT2D eigenvalue weighted by atomic mass is 10.5. The van der Waals surface area contributed by atoms with Gasteiger partial charge in [-0.25, -0.2) is 4.68 Å². The summed E-state index contributed by atoms with van der Waals surface area (Å²) in [7, 11) is 0. The van der Waals surface area contributed by atoms with E-state index in [1.807, 2.05) is 10.7 Å². The van der Waals surface area contributed by atoms with Crippen LogP contribution in [-0.2, 0) is 6.54 Å². The van der Waals surface area contributed by atoms with Crippen LogP contribution in [-0.4, -0.2) is 26.0 Å². The molecule has 2 heterocycles. The minimum Gasteiger partial charge on any atom is -0.215 e. The smallest absolute Gasteiger partial charge is 0.209 e. The maximum absolute atomic E-state index is 3.96. The summed E-state index contributed by atoms with van der Waals surface area (Å²) >= 11 is 3.38. The molecular formula is C8H10N4S2. The third kappa shape index (κ3) is 2.13. The molecule has 2 aromatic heterocycles. The Bertz CT molecular complexity index is 382. The van der Waals surface area contributed by atoms with Gasteiger partial charge in [0.15, 0.2) is 0 Å². The molecule has 0 aromatic carbocycles. The Morgan fingerprint density at radius 2 is 2.50 bits per heavy atom. The monoisotopic (exact) mass is 226 g/mol. The van der Waals surface area contributed by atoms with Crippen molar-refractivity contribution < 1.29 is 0 Å². The van der Waals surface area contributed by atoms with E-state index < -0.39 is 0 Å². The van der Waals surface area contributed by atoms with Crippen LogP contribution in [0.3, 0.4) is 0 Å². The predicted octanol–water partition coefficient (Wildman–Crippen LogP) is 1.89. The van der Waals surface area contributed by atoms with Crippen LogP contribution in [0.15, 0.2) is 22.7 Å². The highest BCUT2D eigenvalue weighted by molar-refractivity contribution is 7.99. The van der Waals surface area contributed by atoms with Gasteiger partial charge in [-0.3, -0.25) is 0 Å². The molecule has 0 aliphatic heterocycles. The molecule has 2 aromatic rings. The maximum atomic E-state index is 3.96. The molecule has 0 saturated heterocycles. The molecule has 6 heteroatoms. The van der Waals surface area contributed by atoms with Gasteiger partial charge in [-0.1, -0.05) is 24.8 Å². The van der Waals surface area contributed by atoms with Gasteiger partial charge in [-0.05, 0) is 27.6 Å². The molecule has 0 spiro atoms. The molecule has 2 rings (SSSR count). The molecule has 0 N–H and O–H groups in total. The molecule has 74 valence electrons. The van der Waals surface area contributed by atoms with Crippen molar-refractivity contribution in [2.24, 2.45) is 0 Å². The molecular weight excluding hydrogens is 216 g/mol. The van der Waals surface area contributed by atoms with Gasteiger partial charge < -0.3 is 0 Å². The lowest BCUT2D eigenvalue weighted by Crippen LogP contribution is -2.02. The molecule has 0 atom stereocenters. The van der Waals surface area contributed by atoms with Crippen molar-refractivity contribution in [2.75, 3.05) is 5.75 Å². The van der Waals surface area contributed by atoms with E-state index in [2.05, 4.69) is 33.9 Å².